The predicted octanol–water partition coefficient (Wildman–Crippen LogP) is 4.76. The fourth-order valence-electron chi connectivity index (χ4n) is 2.43. The molecule has 0 fully saturated rings. The van der Waals surface area contributed by atoms with Crippen molar-refractivity contribution in [3.8, 4) is 11.1 Å². The van der Waals surface area contributed by atoms with Crippen LogP contribution in [0.2, 0.25) is 0 Å². The van der Waals surface area contributed by atoms with Gasteiger partial charge < -0.3 is 5.73 Å². The number of benzene rings is 2. The van der Waals surface area contributed by atoms with Crippen molar-refractivity contribution in [2.24, 2.45) is 0 Å². The van der Waals surface area contributed by atoms with E-state index < -0.39 is 0 Å². The van der Waals surface area contributed by atoms with Gasteiger partial charge in [-0.1, -0.05) is 50.6 Å². The number of hydrogen-bond acceptors (Lipinski definition) is 1. The lowest BCUT2D eigenvalue weighted by molar-refractivity contribution is 0.914. The van der Waals surface area contributed by atoms with E-state index >= 15 is 0 Å². The van der Waals surface area contributed by atoms with E-state index in [1.807, 2.05) is 0 Å². The molecule has 1 heteroatoms. The van der Waals surface area contributed by atoms with Crippen LogP contribution in [0.15, 0.2) is 36.4 Å². The quantitative estimate of drug-likeness (QED) is 0.781. The Morgan fingerprint density at radius 2 is 1.63 bits per heavy atom. The van der Waals surface area contributed by atoms with Crippen LogP contribution in [-0.4, -0.2) is 0 Å². The molecule has 19 heavy (non-hydrogen) atoms. The number of nitrogen functional groups attached to an aromatic ring is 1. The smallest absolute Gasteiger partial charge is 0.0352 e. The van der Waals surface area contributed by atoms with Gasteiger partial charge in [0.25, 0.3) is 0 Å². The summed E-state index contributed by atoms with van der Waals surface area (Å²) < 4.78 is 0. The molecule has 0 aromatic heterocycles. The summed E-state index contributed by atoms with van der Waals surface area (Å²) in [5, 5.41) is 0. The summed E-state index contributed by atoms with van der Waals surface area (Å²) in [7, 11) is 0. The van der Waals surface area contributed by atoms with Crippen molar-refractivity contribution in [1.29, 1.82) is 0 Å². The number of aryl methyl sites for hydroxylation is 2. The molecule has 1 nitrogen and oxygen atoms in total. The number of anilines is 1. The van der Waals surface area contributed by atoms with Crippen molar-refractivity contribution < 1.29 is 0 Å². The molecular weight excluding hydrogens is 230 g/mol. The molecule has 0 aliphatic carbocycles. The summed E-state index contributed by atoms with van der Waals surface area (Å²) >= 11 is 0. The first-order valence-electron chi connectivity index (χ1n) is 7.14. The van der Waals surface area contributed by atoms with Crippen molar-refractivity contribution in [2.45, 2.75) is 40.0 Å². The largest absolute Gasteiger partial charge is 0.398 e. The van der Waals surface area contributed by atoms with E-state index in [0.717, 1.165) is 24.9 Å². The van der Waals surface area contributed by atoms with Gasteiger partial charge in [-0.15, -0.1) is 0 Å². The van der Waals surface area contributed by atoms with E-state index in [2.05, 4.69) is 57.2 Å². The zero-order valence-electron chi connectivity index (χ0n) is 12.2. The SMILES string of the molecule is CCCc1cc(-c2ccc(CC)cc2)cc(N)c1C. The van der Waals surface area contributed by atoms with Crippen LogP contribution in [0.25, 0.3) is 11.1 Å². The molecule has 2 aromatic carbocycles. The van der Waals surface area contributed by atoms with E-state index in [1.54, 1.807) is 0 Å². The van der Waals surface area contributed by atoms with Crippen LogP contribution in [0.1, 0.15) is 37.0 Å². The fourth-order valence-corrected chi connectivity index (χ4v) is 2.43. The summed E-state index contributed by atoms with van der Waals surface area (Å²) in [6.45, 7) is 6.50. The minimum atomic E-state index is 0.903. The molecule has 2 aromatic rings. The van der Waals surface area contributed by atoms with Gasteiger partial charge in [0, 0.05) is 5.69 Å². The Morgan fingerprint density at radius 3 is 2.21 bits per heavy atom. The van der Waals surface area contributed by atoms with Gasteiger partial charge in [-0.2, -0.15) is 0 Å². The molecule has 0 amide bonds. The third-order valence-corrected chi connectivity index (χ3v) is 3.77. The first-order valence-corrected chi connectivity index (χ1v) is 7.14. The van der Waals surface area contributed by atoms with E-state index in [9.17, 15) is 0 Å². The summed E-state index contributed by atoms with van der Waals surface area (Å²) in [5.74, 6) is 0. The summed E-state index contributed by atoms with van der Waals surface area (Å²) in [4.78, 5) is 0. The predicted molar refractivity (Wildman–Crippen MR) is 84.4 cm³/mol. The maximum Gasteiger partial charge on any atom is 0.0352 e. The average Bonchev–Trinajstić information content (AvgIpc) is 2.44. The standard InChI is InChI=1S/C18H23N/c1-4-6-16-11-17(12-18(19)13(16)3)15-9-7-14(5-2)8-10-15/h7-12H,4-6,19H2,1-3H3. The van der Waals surface area contributed by atoms with E-state index in [1.165, 1.54) is 27.8 Å². The Kier molecular flexibility index (Phi) is 4.26. The minimum Gasteiger partial charge on any atom is -0.398 e. The minimum absolute atomic E-state index is 0.903. The van der Waals surface area contributed by atoms with Crippen LogP contribution >= 0.6 is 0 Å². The Morgan fingerprint density at radius 1 is 0.947 bits per heavy atom. The Labute approximate surface area is 116 Å². The lowest BCUT2D eigenvalue weighted by Crippen LogP contribution is -1.97. The van der Waals surface area contributed by atoms with Crippen molar-refractivity contribution in [3.63, 3.8) is 0 Å². The van der Waals surface area contributed by atoms with Crippen molar-refractivity contribution >= 4 is 5.69 Å². The Bertz CT molecular complexity index is 553. The van der Waals surface area contributed by atoms with Crippen molar-refractivity contribution in [1.82, 2.24) is 0 Å². The fraction of sp³-hybridized carbons (Fsp3) is 0.333. The Hall–Kier alpha value is -1.76. The second kappa shape index (κ2) is 5.92. The van der Waals surface area contributed by atoms with Gasteiger partial charge in [0.05, 0.1) is 0 Å². The highest BCUT2D eigenvalue weighted by molar-refractivity contribution is 5.71. The van der Waals surface area contributed by atoms with Gasteiger partial charge >= 0.3 is 0 Å². The van der Waals surface area contributed by atoms with Gasteiger partial charge in [-0.25, -0.2) is 0 Å². The molecule has 0 atom stereocenters. The maximum atomic E-state index is 6.15. The highest BCUT2D eigenvalue weighted by Crippen LogP contribution is 2.28. The van der Waals surface area contributed by atoms with Gasteiger partial charge in [0.15, 0.2) is 0 Å². The van der Waals surface area contributed by atoms with Crippen LogP contribution in [0.3, 0.4) is 0 Å². The first kappa shape index (κ1) is 13.7. The zero-order valence-corrected chi connectivity index (χ0v) is 12.2. The van der Waals surface area contributed by atoms with Gasteiger partial charge in [-0.3, -0.25) is 0 Å². The van der Waals surface area contributed by atoms with Gasteiger partial charge in [0.2, 0.25) is 0 Å². The maximum absolute atomic E-state index is 6.15. The second-order valence-electron chi connectivity index (χ2n) is 5.15. The highest BCUT2D eigenvalue weighted by atomic mass is 14.6. The molecule has 0 spiro atoms. The summed E-state index contributed by atoms with van der Waals surface area (Å²) in [5.41, 5.74) is 13.5. The average molecular weight is 253 g/mol. The lowest BCUT2D eigenvalue weighted by Gasteiger charge is -2.12. The Balaban J connectivity index is 2.43. The molecule has 2 N–H and O–H groups in total. The highest BCUT2D eigenvalue weighted by Gasteiger charge is 2.06. The molecule has 100 valence electrons. The third-order valence-electron chi connectivity index (χ3n) is 3.77. The molecule has 0 heterocycles. The van der Waals surface area contributed by atoms with E-state index in [-0.39, 0.29) is 0 Å². The van der Waals surface area contributed by atoms with Crippen LogP contribution in [0, 0.1) is 6.92 Å². The van der Waals surface area contributed by atoms with E-state index in [0.29, 0.717) is 0 Å². The van der Waals surface area contributed by atoms with E-state index in [4.69, 9.17) is 5.73 Å². The summed E-state index contributed by atoms with van der Waals surface area (Å²) in [6.07, 6.45) is 3.33. The third kappa shape index (κ3) is 2.98. The number of nitrogens with two attached hydrogens (primary N) is 1. The lowest BCUT2D eigenvalue weighted by atomic mass is 9.95. The van der Waals surface area contributed by atoms with Crippen LogP contribution < -0.4 is 5.73 Å². The van der Waals surface area contributed by atoms with Crippen LogP contribution in [0.5, 0.6) is 0 Å². The topological polar surface area (TPSA) is 26.0 Å². The van der Waals surface area contributed by atoms with Crippen LogP contribution in [0.4, 0.5) is 5.69 Å². The first-order chi connectivity index (χ1) is 9.15. The number of rotatable bonds is 4. The van der Waals surface area contributed by atoms with Crippen LogP contribution in [-0.2, 0) is 12.8 Å². The molecule has 0 aliphatic heterocycles. The molecule has 2 rings (SSSR count). The molecular formula is C18H23N. The molecule has 0 bridgehead atoms. The van der Waals surface area contributed by atoms with Gasteiger partial charge in [0.1, 0.15) is 0 Å². The van der Waals surface area contributed by atoms with Crippen molar-refractivity contribution in [3.05, 3.63) is 53.1 Å². The summed E-state index contributed by atoms with van der Waals surface area (Å²) in [6, 6.07) is 13.2. The number of hydrogen-bond donors (Lipinski definition) is 1. The van der Waals surface area contributed by atoms with Crippen molar-refractivity contribution in [2.75, 3.05) is 5.73 Å². The molecule has 0 unspecified atom stereocenters. The monoisotopic (exact) mass is 253 g/mol. The molecule has 0 radical (unpaired) electrons. The normalized spacial score (nSPS) is 10.7. The zero-order chi connectivity index (χ0) is 13.8. The molecule has 0 saturated heterocycles. The molecule has 0 aliphatic rings. The van der Waals surface area contributed by atoms with Gasteiger partial charge in [-0.05, 0) is 53.6 Å². The second-order valence-corrected chi connectivity index (χ2v) is 5.15. The molecule has 0 saturated carbocycles.